The van der Waals surface area contributed by atoms with Crippen LogP contribution < -0.4 is 10.5 Å². The average Bonchev–Trinajstić information content (AvgIpc) is 2.32. The number of aromatic nitrogens is 1. The fourth-order valence-electron chi connectivity index (χ4n) is 1.31. The highest BCUT2D eigenvalue weighted by Gasteiger charge is 2.09. The highest BCUT2D eigenvalue weighted by molar-refractivity contribution is 6.32. The van der Waals surface area contributed by atoms with E-state index in [4.69, 9.17) is 27.5 Å². The summed E-state index contributed by atoms with van der Waals surface area (Å²) in [5.41, 5.74) is 5.87. The van der Waals surface area contributed by atoms with Gasteiger partial charge in [-0.15, -0.1) is 0 Å². The molecule has 5 heteroatoms. The van der Waals surface area contributed by atoms with Gasteiger partial charge in [0.25, 0.3) is 0 Å². The number of benzene rings is 1. The smallest absolute Gasteiger partial charge is 0.230 e. The fraction of sp³-hybridized carbons (Fsp3) is 0. The predicted molar refractivity (Wildman–Crippen MR) is 66.8 cm³/mol. The van der Waals surface area contributed by atoms with E-state index in [1.807, 2.05) is 0 Å². The summed E-state index contributed by atoms with van der Waals surface area (Å²) in [7, 11) is 0. The Morgan fingerprint density at radius 3 is 2.71 bits per heavy atom. The molecular weight excluding hydrogens is 238 g/mol. The third-order valence-corrected chi connectivity index (χ3v) is 2.42. The fourth-order valence-corrected chi connectivity index (χ4v) is 1.48. The Bertz CT molecular complexity index is 557. The molecule has 0 amide bonds. The predicted octanol–water partition coefficient (Wildman–Crippen LogP) is 2.81. The lowest BCUT2D eigenvalue weighted by molar-refractivity contribution is 0.462. The van der Waals surface area contributed by atoms with Crippen molar-refractivity contribution in [1.29, 1.82) is 5.41 Å². The molecule has 86 valence electrons. The Morgan fingerprint density at radius 2 is 2.00 bits per heavy atom. The number of amidine groups is 1. The third kappa shape index (κ3) is 2.54. The number of para-hydroxylation sites is 1. The number of nitrogens with one attached hydrogen (secondary N) is 1. The van der Waals surface area contributed by atoms with E-state index >= 15 is 0 Å². The molecule has 2 aromatic rings. The standard InChI is InChI=1S/C12H10ClN3O/c13-9-5-1-2-6-10(9)17-12-8(11(14)15)4-3-7-16-12/h1-7H,(H3,14,15). The van der Waals surface area contributed by atoms with Crippen LogP contribution in [0.3, 0.4) is 0 Å². The van der Waals surface area contributed by atoms with E-state index in [1.165, 1.54) is 0 Å². The normalized spacial score (nSPS) is 9.94. The summed E-state index contributed by atoms with van der Waals surface area (Å²) in [5, 5.41) is 7.90. The van der Waals surface area contributed by atoms with Crippen LogP contribution in [0, 0.1) is 5.41 Å². The van der Waals surface area contributed by atoms with Gasteiger partial charge >= 0.3 is 0 Å². The van der Waals surface area contributed by atoms with Gasteiger partial charge in [-0.1, -0.05) is 23.7 Å². The summed E-state index contributed by atoms with van der Waals surface area (Å²) in [4.78, 5) is 4.03. The first-order valence-corrected chi connectivity index (χ1v) is 5.28. The van der Waals surface area contributed by atoms with E-state index in [0.29, 0.717) is 16.3 Å². The molecule has 0 saturated carbocycles. The second kappa shape index (κ2) is 4.84. The highest BCUT2D eigenvalue weighted by Crippen LogP contribution is 2.29. The molecule has 4 nitrogen and oxygen atoms in total. The van der Waals surface area contributed by atoms with Gasteiger partial charge in [0.1, 0.15) is 11.6 Å². The SMILES string of the molecule is N=C(N)c1cccnc1Oc1ccccc1Cl. The Hall–Kier alpha value is -2.07. The van der Waals surface area contributed by atoms with Crippen molar-refractivity contribution in [1.82, 2.24) is 4.98 Å². The summed E-state index contributed by atoms with van der Waals surface area (Å²) in [6, 6.07) is 10.4. The van der Waals surface area contributed by atoms with E-state index < -0.39 is 0 Å². The van der Waals surface area contributed by atoms with Crippen LogP contribution in [0.5, 0.6) is 11.6 Å². The quantitative estimate of drug-likeness (QED) is 0.647. The van der Waals surface area contributed by atoms with Crippen molar-refractivity contribution in [3.8, 4) is 11.6 Å². The Labute approximate surface area is 104 Å². The summed E-state index contributed by atoms with van der Waals surface area (Å²) in [5.74, 6) is 0.656. The molecule has 17 heavy (non-hydrogen) atoms. The molecule has 0 atom stereocenters. The molecule has 1 aromatic heterocycles. The van der Waals surface area contributed by atoms with Crippen LogP contribution >= 0.6 is 11.6 Å². The molecule has 0 fully saturated rings. The minimum atomic E-state index is -0.0971. The molecule has 0 unspecified atom stereocenters. The molecule has 0 aliphatic rings. The topological polar surface area (TPSA) is 72.0 Å². The number of hydrogen-bond donors (Lipinski definition) is 2. The monoisotopic (exact) mass is 247 g/mol. The Morgan fingerprint density at radius 1 is 1.24 bits per heavy atom. The lowest BCUT2D eigenvalue weighted by atomic mass is 10.2. The maximum Gasteiger partial charge on any atom is 0.230 e. The van der Waals surface area contributed by atoms with Crippen molar-refractivity contribution in [2.45, 2.75) is 0 Å². The van der Waals surface area contributed by atoms with E-state index in [9.17, 15) is 0 Å². The van der Waals surface area contributed by atoms with Crippen LogP contribution in [-0.4, -0.2) is 10.8 Å². The van der Waals surface area contributed by atoms with Gasteiger partial charge in [0.05, 0.1) is 10.6 Å². The van der Waals surface area contributed by atoms with Crippen LogP contribution in [0.4, 0.5) is 0 Å². The van der Waals surface area contributed by atoms with Gasteiger partial charge in [0.15, 0.2) is 0 Å². The van der Waals surface area contributed by atoms with Crippen LogP contribution in [-0.2, 0) is 0 Å². The van der Waals surface area contributed by atoms with Gasteiger partial charge in [-0.25, -0.2) is 4.98 Å². The molecule has 1 heterocycles. The highest BCUT2D eigenvalue weighted by atomic mass is 35.5. The lowest BCUT2D eigenvalue weighted by Gasteiger charge is -2.09. The van der Waals surface area contributed by atoms with Crippen molar-refractivity contribution >= 4 is 17.4 Å². The largest absolute Gasteiger partial charge is 0.437 e. The second-order valence-corrected chi connectivity index (χ2v) is 3.71. The van der Waals surface area contributed by atoms with Crippen molar-refractivity contribution < 1.29 is 4.74 Å². The first kappa shape index (κ1) is 11.4. The van der Waals surface area contributed by atoms with Crippen molar-refractivity contribution in [2.24, 2.45) is 5.73 Å². The number of rotatable bonds is 3. The lowest BCUT2D eigenvalue weighted by Crippen LogP contribution is -2.12. The van der Waals surface area contributed by atoms with E-state index in [1.54, 1.807) is 42.6 Å². The first-order valence-electron chi connectivity index (χ1n) is 4.90. The third-order valence-electron chi connectivity index (χ3n) is 2.10. The van der Waals surface area contributed by atoms with Gasteiger partial charge in [-0.3, -0.25) is 5.41 Å². The van der Waals surface area contributed by atoms with Gasteiger partial charge in [0, 0.05) is 6.20 Å². The maximum atomic E-state index is 7.42. The van der Waals surface area contributed by atoms with Gasteiger partial charge in [-0.2, -0.15) is 0 Å². The molecule has 2 rings (SSSR count). The maximum absolute atomic E-state index is 7.42. The molecule has 0 radical (unpaired) electrons. The molecular formula is C12H10ClN3O. The molecule has 0 saturated heterocycles. The second-order valence-electron chi connectivity index (χ2n) is 3.30. The van der Waals surface area contributed by atoms with Crippen LogP contribution in [0.15, 0.2) is 42.6 Å². The summed E-state index contributed by atoms with van der Waals surface area (Å²) < 4.78 is 5.54. The van der Waals surface area contributed by atoms with E-state index in [2.05, 4.69) is 4.98 Å². The number of hydrogen-bond acceptors (Lipinski definition) is 3. The zero-order valence-electron chi connectivity index (χ0n) is 8.85. The molecule has 0 aliphatic carbocycles. The van der Waals surface area contributed by atoms with Gasteiger partial charge in [0.2, 0.25) is 5.88 Å². The van der Waals surface area contributed by atoms with Crippen LogP contribution in [0.2, 0.25) is 5.02 Å². The number of ether oxygens (including phenoxy) is 1. The zero-order chi connectivity index (χ0) is 12.3. The minimum Gasteiger partial charge on any atom is -0.437 e. The Kier molecular flexibility index (Phi) is 3.25. The summed E-state index contributed by atoms with van der Waals surface area (Å²) in [6.45, 7) is 0. The van der Waals surface area contributed by atoms with Gasteiger partial charge in [-0.05, 0) is 24.3 Å². The summed E-state index contributed by atoms with van der Waals surface area (Å²) >= 11 is 5.97. The molecule has 3 N–H and O–H groups in total. The van der Waals surface area contributed by atoms with E-state index in [0.717, 1.165) is 0 Å². The van der Waals surface area contributed by atoms with Crippen LogP contribution in [0.25, 0.3) is 0 Å². The zero-order valence-corrected chi connectivity index (χ0v) is 9.61. The molecule has 1 aromatic carbocycles. The van der Waals surface area contributed by atoms with Crippen molar-refractivity contribution in [3.05, 3.63) is 53.2 Å². The Balaban J connectivity index is 2.37. The van der Waals surface area contributed by atoms with Gasteiger partial charge < -0.3 is 10.5 Å². The van der Waals surface area contributed by atoms with Crippen molar-refractivity contribution in [3.63, 3.8) is 0 Å². The molecule has 0 spiro atoms. The number of nitrogens with zero attached hydrogens (tertiary/aromatic N) is 1. The molecule has 0 bridgehead atoms. The number of halogens is 1. The number of nitrogens with two attached hydrogens (primary N) is 1. The number of pyridine rings is 1. The van der Waals surface area contributed by atoms with Crippen LogP contribution in [0.1, 0.15) is 5.56 Å². The molecule has 0 aliphatic heterocycles. The average molecular weight is 248 g/mol. The summed E-state index contributed by atoms with van der Waals surface area (Å²) in [6.07, 6.45) is 1.57. The van der Waals surface area contributed by atoms with Crippen molar-refractivity contribution in [2.75, 3.05) is 0 Å². The number of nitrogen functional groups attached to an aromatic ring is 1. The van der Waals surface area contributed by atoms with E-state index in [-0.39, 0.29) is 11.7 Å². The minimum absolute atomic E-state index is 0.0971. The first-order chi connectivity index (χ1) is 8.18.